The summed E-state index contributed by atoms with van der Waals surface area (Å²) in [6.07, 6.45) is 3.80. The van der Waals surface area contributed by atoms with Gasteiger partial charge < -0.3 is 5.43 Å². The normalized spacial score (nSPS) is 17.9. The second-order valence-electron chi connectivity index (χ2n) is 1.57. The van der Waals surface area contributed by atoms with Crippen molar-refractivity contribution < 1.29 is 0 Å². The summed E-state index contributed by atoms with van der Waals surface area (Å²) in [5.41, 5.74) is 2.89. The lowest BCUT2D eigenvalue weighted by Crippen LogP contribution is -2.29. The molecule has 0 unspecified atom stereocenters. The molecular formula is C5H7N3. The minimum Gasteiger partial charge on any atom is -0.325 e. The monoisotopic (exact) mass is 109 g/mol. The van der Waals surface area contributed by atoms with Crippen molar-refractivity contribution in [3.05, 3.63) is 12.3 Å². The number of nitriles is 1. The molecule has 0 bridgehead atoms. The highest BCUT2D eigenvalue weighted by atomic mass is 15.5. The Morgan fingerprint density at radius 3 is 3.25 bits per heavy atom. The van der Waals surface area contributed by atoms with Crippen LogP contribution in [0.1, 0.15) is 0 Å². The van der Waals surface area contributed by atoms with Crippen molar-refractivity contribution in [3.8, 4) is 6.07 Å². The Labute approximate surface area is 48.2 Å². The lowest BCUT2D eigenvalue weighted by Gasteiger charge is -2.08. The van der Waals surface area contributed by atoms with Crippen molar-refractivity contribution in [1.29, 1.82) is 5.26 Å². The molecule has 0 radical (unpaired) electrons. The van der Waals surface area contributed by atoms with E-state index in [-0.39, 0.29) is 0 Å². The van der Waals surface area contributed by atoms with E-state index in [1.165, 1.54) is 0 Å². The van der Waals surface area contributed by atoms with Gasteiger partial charge in [-0.15, -0.1) is 0 Å². The Morgan fingerprint density at radius 1 is 1.88 bits per heavy atom. The Balaban J connectivity index is 2.22. The molecular weight excluding hydrogens is 102 g/mol. The largest absolute Gasteiger partial charge is 0.325 e. The molecule has 8 heavy (non-hydrogen) atoms. The van der Waals surface area contributed by atoms with Crippen LogP contribution in [0.5, 0.6) is 0 Å². The van der Waals surface area contributed by atoms with Crippen LogP contribution in [0.15, 0.2) is 12.3 Å². The first kappa shape index (κ1) is 5.13. The van der Waals surface area contributed by atoms with Gasteiger partial charge in [-0.05, 0) is 0 Å². The lowest BCUT2D eigenvalue weighted by molar-refractivity contribution is 0.301. The van der Waals surface area contributed by atoms with Gasteiger partial charge >= 0.3 is 0 Å². The average molecular weight is 109 g/mol. The highest BCUT2D eigenvalue weighted by Gasteiger charge is 2.01. The van der Waals surface area contributed by atoms with Crippen LogP contribution in [0.3, 0.4) is 0 Å². The van der Waals surface area contributed by atoms with E-state index in [4.69, 9.17) is 5.26 Å². The first-order valence-electron chi connectivity index (χ1n) is 2.46. The molecule has 0 fully saturated rings. The van der Waals surface area contributed by atoms with Gasteiger partial charge in [-0.1, -0.05) is 6.08 Å². The number of rotatable bonds is 1. The Hall–Kier alpha value is -1.01. The summed E-state index contributed by atoms with van der Waals surface area (Å²) < 4.78 is 0. The van der Waals surface area contributed by atoms with Crippen LogP contribution >= 0.6 is 0 Å². The van der Waals surface area contributed by atoms with Gasteiger partial charge in [0.25, 0.3) is 0 Å². The molecule has 0 saturated carbocycles. The highest BCUT2D eigenvalue weighted by Crippen LogP contribution is 1.88. The van der Waals surface area contributed by atoms with Gasteiger partial charge in [0, 0.05) is 12.7 Å². The first-order chi connectivity index (χ1) is 3.93. The molecule has 0 aromatic carbocycles. The Kier molecular flexibility index (Phi) is 1.50. The molecule has 0 amide bonds. The Morgan fingerprint density at radius 2 is 2.75 bits per heavy atom. The molecule has 3 nitrogen and oxygen atoms in total. The molecule has 1 aliphatic rings. The van der Waals surface area contributed by atoms with Crippen LogP contribution in [0.2, 0.25) is 0 Å². The molecule has 42 valence electrons. The molecule has 0 atom stereocenters. The molecule has 0 spiro atoms. The summed E-state index contributed by atoms with van der Waals surface area (Å²) in [7, 11) is 0. The van der Waals surface area contributed by atoms with Gasteiger partial charge in [-0.25, -0.2) is 5.01 Å². The predicted molar refractivity (Wildman–Crippen MR) is 29.5 cm³/mol. The number of hydrogen-bond acceptors (Lipinski definition) is 3. The van der Waals surface area contributed by atoms with Gasteiger partial charge in [0.2, 0.25) is 0 Å². The fraction of sp³-hybridized carbons (Fsp3) is 0.400. The fourth-order valence-electron chi connectivity index (χ4n) is 0.586. The molecule has 0 saturated heterocycles. The molecule has 1 rings (SSSR count). The number of hydrazine groups is 1. The summed E-state index contributed by atoms with van der Waals surface area (Å²) >= 11 is 0. The van der Waals surface area contributed by atoms with Crippen LogP contribution in [-0.2, 0) is 0 Å². The third-order valence-electron chi connectivity index (χ3n) is 0.962. The summed E-state index contributed by atoms with van der Waals surface area (Å²) in [5.74, 6) is 0. The van der Waals surface area contributed by atoms with Gasteiger partial charge in [0.05, 0.1) is 6.07 Å². The van der Waals surface area contributed by atoms with Gasteiger partial charge in [-0.3, -0.25) is 0 Å². The zero-order valence-electron chi connectivity index (χ0n) is 4.46. The topological polar surface area (TPSA) is 39.1 Å². The summed E-state index contributed by atoms with van der Waals surface area (Å²) in [4.78, 5) is 0. The van der Waals surface area contributed by atoms with Crippen molar-refractivity contribution >= 4 is 0 Å². The second-order valence-corrected chi connectivity index (χ2v) is 1.57. The molecule has 1 heterocycles. The van der Waals surface area contributed by atoms with E-state index in [1.807, 2.05) is 23.4 Å². The van der Waals surface area contributed by atoms with E-state index in [1.54, 1.807) is 0 Å². The van der Waals surface area contributed by atoms with E-state index in [9.17, 15) is 0 Å². The van der Waals surface area contributed by atoms with Gasteiger partial charge in [-0.2, -0.15) is 5.26 Å². The molecule has 0 aromatic rings. The van der Waals surface area contributed by atoms with Crippen LogP contribution in [0, 0.1) is 11.3 Å². The molecule has 0 aromatic heterocycles. The van der Waals surface area contributed by atoms with Crippen molar-refractivity contribution in [2.24, 2.45) is 0 Å². The number of nitrogens with zero attached hydrogens (tertiary/aromatic N) is 2. The number of hydrogen-bond donors (Lipinski definition) is 1. The zero-order valence-corrected chi connectivity index (χ0v) is 4.46. The Bertz CT molecular complexity index is 125. The van der Waals surface area contributed by atoms with Crippen molar-refractivity contribution in [2.75, 3.05) is 13.1 Å². The molecule has 3 heteroatoms. The predicted octanol–water partition coefficient (Wildman–Crippen LogP) is -0.156. The molecule has 1 N–H and O–H groups in total. The highest BCUT2D eigenvalue weighted by molar-refractivity contribution is 4.91. The van der Waals surface area contributed by atoms with E-state index < -0.39 is 0 Å². The van der Waals surface area contributed by atoms with Crippen LogP contribution < -0.4 is 5.43 Å². The van der Waals surface area contributed by atoms with Crippen molar-refractivity contribution in [2.45, 2.75) is 0 Å². The lowest BCUT2D eigenvalue weighted by atomic mass is 10.6. The maximum Gasteiger partial charge on any atom is 0.105 e. The molecule has 0 aliphatic carbocycles. The van der Waals surface area contributed by atoms with E-state index in [0.29, 0.717) is 6.54 Å². The maximum absolute atomic E-state index is 8.17. The number of nitrogens with one attached hydrogen (secondary N) is 1. The van der Waals surface area contributed by atoms with Crippen LogP contribution in [-0.4, -0.2) is 18.1 Å². The third-order valence-corrected chi connectivity index (χ3v) is 0.962. The van der Waals surface area contributed by atoms with E-state index in [0.717, 1.165) is 6.54 Å². The van der Waals surface area contributed by atoms with E-state index in [2.05, 4.69) is 5.43 Å². The van der Waals surface area contributed by atoms with E-state index >= 15 is 0 Å². The van der Waals surface area contributed by atoms with Crippen molar-refractivity contribution in [3.63, 3.8) is 0 Å². The minimum atomic E-state index is 0.451. The SMILES string of the molecule is N#CCN1CC=CN1. The molecule has 1 aliphatic heterocycles. The third kappa shape index (κ3) is 0.983. The maximum atomic E-state index is 8.17. The summed E-state index contributed by atoms with van der Waals surface area (Å²) in [5, 5.41) is 9.99. The van der Waals surface area contributed by atoms with Gasteiger partial charge in [0.1, 0.15) is 6.54 Å². The van der Waals surface area contributed by atoms with Gasteiger partial charge in [0.15, 0.2) is 0 Å². The zero-order chi connectivity index (χ0) is 5.82. The summed E-state index contributed by atoms with van der Waals surface area (Å²) in [6, 6.07) is 2.03. The quantitative estimate of drug-likeness (QED) is 0.476. The first-order valence-corrected chi connectivity index (χ1v) is 2.46. The minimum absolute atomic E-state index is 0.451. The summed E-state index contributed by atoms with van der Waals surface area (Å²) in [6.45, 7) is 1.29. The van der Waals surface area contributed by atoms with Crippen molar-refractivity contribution in [1.82, 2.24) is 10.4 Å². The standard InChI is InChI=1S/C5H7N3/c6-2-5-8-4-1-3-7-8/h1,3,7H,4-5H2. The van der Waals surface area contributed by atoms with Crippen LogP contribution in [0.25, 0.3) is 0 Å². The smallest absolute Gasteiger partial charge is 0.105 e. The average Bonchev–Trinajstić information content (AvgIpc) is 2.19. The fourth-order valence-corrected chi connectivity index (χ4v) is 0.586. The second kappa shape index (κ2) is 2.34. The van der Waals surface area contributed by atoms with Crippen LogP contribution in [0.4, 0.5) is 0 Å².